The van der Waals surface area contributed by atoms with Crippen LogP contribution in [0.15, 0.2) is 29.3 Å². The molecule has 0 aliphatic heterocycles. The number of aliphatic imine (C=N–C) groups is 1. The van der Waals surface area contributed by atoms with E-state index in [1.165, 1.54) is 36.8 Å². The number of amides is 4. The van der Waals surface area contributed by atoms with Gasteiger partial charge in [0.25, 0.3) is 0 Å². The lowest BCUT2D eigenvalue weighted by Gasteiger charge is -2.26. The van der Waals surface area contributed by atoms with E-state index in [0.29, 0.717) is 32.1 Å². The van der Waals surface area contributed by atoms with Gasteiger partial charge in [0.2, 0.25) is 24.1 Å². The lowest BCUT2D eigenvalue weighted by Crippen LogP contribution is -2.44. The third kappa shape index (κ3) is 36.7. The molecule has 0 aliphatic carbocycles. The average molecular weight is 768 g/mol. The van der Waals surface area contributed by atoms with Crippen molar-refractivity contribution < 1.29 is 28.4 Å². The molecule has 1 rings (SSSR count). The van der Waals surface area contributed by atoms with Crippen LogP contribution in [0.4, 0.5) is 4.39 Å². The number of aldehydes is 1. The van der Waals surface area contributed by atoms with Gasteiger partial charge >= 0.3 is 0 Å². The predicted octanol–water partition coefficient (Wildman–Crippen LogP) is 8.67. The molecular formula is C43H82FN5O5. The Bertz CT molecular complexity index is 1100. The standard InChI is InChI=1S/C19H31N.C10H20N2O2.C10H19NO2.C2H6.CH3F.CH3NO/c1-6-8-9-15(3)14-18-10-12-19(13-11-18)16(4)17(5)20-7-2;1-4-10(2,3)7-12-9(14)6-5-8(11)13;1-5-6-9(13)11-8(7-12)10(2,3)4;2*1-2;2-1-3/h7,10-13,15-17H,6,8-9,14H2,1-5H3;4-7H2,1-3H3,(H2,11,13)(H,12,14);7-8H,5-6H2,1-4H3,(H,11,13);1-2H3;1H3;1H,(H2,2,3). The number of rotatable bonds is 18. The summed E-state index contributed by atoms with van der Waals surface area (Å²) >= 11 is 0. The largest absolute Gasteiger partial charge is 0.372 e. The summed E-state index contributed by atoms with van der Waals surface area (Å²) in [6.07, 6.45) is 10.8. The van der Waals surface area contributed by atoms with Crippen LogP contribution in [0.3, 0.4) is 0 Å². The fraction of sp³-hybridized carbons (Fsp3) is 0.721. The van der Waals surface area contributed by atoms with Gasteiger partial charge < -0.3 is 26.9 Å². The highest BCUT2D eigenvalue weighted by atomic mass is 19.1. The van der Waals surface area contributed by atoms with E-state index in [1.54, 1.807) is 0 Å². The third-order valence-electron chi connectivity index (χ3n) is 8.43. The number of hydrogen-bond donors (Lipinski definition) is 4. The molecule has 0 spiro atoms. The molecule has 4 unspecified atom stereocenters. The highest BCUT2D eigenvalue weighted by Crippen LogP contribution is 2.23. The van der Waals surface area contributed by atoms with Crippen LogP contribution in [0.2, 0.25) is 0 Å². The van der Waals surface area contributed by atoms with Crippen LogP contribution in [0.25, 0.3) is 0 Å². The first-order chi connectivity index (χ1) is 25.3. The summed E-state index contributed by atoms with van der Waals surface area (Å²) in [5, 5.41) is 5.48. The smallest absolute Gasteiger partial charge is 0.220 e. The van der Waals surface area contributed by atoms with Gasteiger partial charge in [-0.2, -0.15) is 0 Å². The molecule has 1 aromatic carbocycles. The molecular weight excluding hydrogens is 686 g/mol. The first-order valence-corrected chi connectivity index (χ1v) is 19.7. The van der Waals surface area contributed by atoms with Crippen molar-refractivity contribution in [3.8, 4) is 0 Å². The molecule has 0 heterocycles. The number of carbonyl (C=O) groups is 5. The van der Waals surface area contributed by atoms with Gasteiger partial charge in [-0.05, 0) is 67.2 Å². The number of nitrogens with two attached hydrogens (primary N) is 2. The minimum absolute atomic E-state index is 0.0467. The molecule has 0 saturated carbocycles. The number of hydrogen-bond acceptors (Lipinski definition) is 6. The maximum Gasteiger partial charge on any atom is 0.220 e. The van der Waals surface area contributed by atoms with E-state index in [4.69, 9.17) is 10.5 Å². The monoisotopic (exact) mass is 768 g/mol. The first kappa shape index (κ1) is 59.6. The highest BCUT2D eigenvalue weighted by molar-refractivity contribution is 5.82. The summed E-state index contributed by atoms with van der Waals surface area (Å²) in [6, 6.07) is 9.15. The molecule has 316 valence electrons. The summed E-state index contributed by atoms with van der Waals surface area (Å²) in [7, 11) is 0.500. The maximum atomic E-state index is 11.2. The number of halogens is 1. The third-order valence-corrected chi connectivity index (χ3v) is 8.43. The molecule has 0 bridgehead atoms. The summed E-state index contributed by atoms with van der Waals surface area (Å²) in [6.45, 7) is 29.7. The van der Waals surface area contributed by atoms with Crippen molar-refractivity contribution in [2.45, 2.75) is 173 Å². The number of primary amides is 2. The molecule has 11 heteroatoms. The van der Waals surface area contributed by atoms with Crippen molar-refractivity contribution in [1.82, 2.24) is 10.6 Å². The quantitative estimate of drug-likeness (QED) is 0.0863. The van der Waals surface area contributed by atoms with Crippen molar-refractivity contribution in [3.05, 3.63) is 35.4 Å². The van der Waals surface area contributed by atoms with E-state index in [2.05, 4.69) is 94.1 Å². The van der Waals surface area contributed by atoms with Crippen LogP contribution in [0.1, 0.15) is 165 Å². The molecule has 0 fully saturated rings. The summed E-state index contributed by atoms with van der Waals surface area (Å²) in [5.41, 5.74) is 11.9. The fourth-order valence-corrected chi connectivity index (χ4v) is 4.37. The van der Waals surface area contributed by atoms with Crippen LogP contribution >= 0.6 is 0 Å². The zero-order valence-electron chi connectivity index (χ0n) is 36.9. The van der Waals surface area contributed by atoms with Gasteiger partial charge in [0, 0.05) is 31.7 Å². The number of unbranched alkanes of at least 4 members (excludes halogenated alkanes) is 1. The second-order valence-electron chi connectivity index (χ2n) is 14.8. The summed E-state index contributed by atoms with van der Waals surface area (Å²) in [5.74, 6) is 0.689. The Hall–Kier alpha value is -3.63. The van der Waals surface area contributed by atoms with Gasteiger partial charge in [0.15, 0.2) is 0 Å². The van der Waals surface area contributed by atoms with Crippen molar-refractivity contribution in [2.24, 2.45) is 33.2 Å². The maximum absolute atomic E-state index is 11.2. The van der Waals surface area contributed by atoms with E-state index < -0.39 is 5.91 Å². The summed E-state index contributed by atoms with van der Waals surface area (Å²) in [4.78, 5) is 56.5. The van der Waals surface area contributed by atoms with Crippen LogP contribution < -0.4 is 22.1 Å². The van der Waals surface area contributed by atoms with Crippen molar-refractivity contribution in [3.63, 3.8) is 0 Å². The van der Waals surface area contributed by atoms with Crippen LogP contribution in [0, 0.1) is 16.7 Å². The summed E-state index contributed by atoms with van der Waals surface area (Å²) < 4.78 is 9.50. The minimum Gasteiger partial charge on any atom is -0.372 e. The Morgan fingerprint density at radius 3 is 1.78 bits per heavy atom. The van der Waals surface area contributed by atoms with Gasteiger partial charge in [-0.1, -0.05) is 127 Å². The Kier molecular flexibility index (Phi) is 41.6. The fourth-order valence-electron chi connectivity index (χ4n) is 4.37. The molecule has 6 N–H and O–H groups in total. The molecule has 4 amide bonds. The molecule has 0 saturated heterocycles. The van der Waals surface area contributed by atoms with Gasteiger partial charge in [-0.25, -0.2) is 0 Å². The van der Waals surface area contributed by atoms with E-state index in [-0.39, 0.29) is 47.9 Å². The predicted molar refractivity (Wildman–Crippen MR) is 227 cm³/mol. The van der Waals surface area contributed by atoms with Crippen LogP contribution in [-0.2, 0) is 30.4 Å². The Morgan fingerprint density at radius 1 is 0.870 bits per heavy atom. The van der Waals surface area contributed by atoms with Crippen LogP contribution in [0.5, 0.6) is 0 Å². The molecule has 1 aromatic rings. The van der Waals surface area contributed by atoms with E-state index in [0.717, 1.165) is 25.0 Å². The Balaban J connectivity index is -0.000000210. The number of carbonyl (C=O) groups excluding carboxylic acids is 5. The first-order valence-electron chi connectivity index (χ1n) is 19.7. The molecule has 54 heavy (non-hydrogen) atoms. The number of nitrogens with one attached hydrogen (secondary N) is 2. The van der Waals surface area contributed by atoms with Gasteiger partial charge in [0.05, 0.1) is 19.3 Å². The Labute approximate surface area is 330 Å². The lowest BCUT2D eigenvalue weighted by atomic mass is 9.87. The van der Waals surface area contributed by atoms with Gasteiger partial charge in [-0.15, -0.1) is 0 Å². The lowest BCUT2D eigenvalue weighted by molar-refractivity contribution is -0.125. The zero-order valence-corrected chi connectivity index (χ0v) is 36.9. The van der Waals surface area contributed by atoms with E-state index in [1.807, 2.05) is 54.7 Å². The number of alkyl halides is 1. The minimum atomic E-state index is -0.435. The van der Waals surface area contributed by atoms with Crippen molar-refractivity contribution in [2.75, 3.05) is 13.7 Å². The molecule has 10 nitrogen and oxygen atoms in total. The van der Waals surface area contributed by atoms with E-state index >= 15 is 0 Å². The van der Waals surface area contributed by atoms with Gasteiger partial charge in [-0.3, -0.25) is 28.6 Å². The van der Waals surface area contributed by atoms with Crippen molar-refractivity contribution >= 4 is 36.6 Å². The average Bonchev–Trinajstić information content (AvgIpc) is 3.13. The normalized spacial score (nSPS) is 12.6. The molecule has 0 aromatic heterocycles. The topological polar surface area (TPSA) is 174 Å². The van der Waals surface area contributed by atoms with Gasteiger partial charge in [0.1, 0.15) is 6.29 Å². The van der Waals surface area contributed by atoms with Crippen LogP contribution in [-0.4, -0.2) is 62.4 Å². The molecule has 0 aliphatic rings. The van der Waals surface area contributed by atoms with E-state index in [9.17, 15) is 23.6 Å². The second-order valence-corrected chi connectivity index (χ2v) is 14.8. The molecule has 4 atom stereocenters. The number of benzene rings is 1. The highest BCUT2D eigenvalue weighted by Gasteiger charge is 2.25. The number of nitrogens with zero attached hydrogens (tertiary/aromatic N) is 1. The van der Waals surface area contributed by atoms with Crippen molar-refractivity contribution in [1.29, 1.82) is 0 Å². The zero-order chi connectivity index (χ0) is 43.3. The SMILES string of the molecule is CC.CC=NC(C)C(C)c1ccc(CC(C)CCCC)cc1.CCC(C)(C)CNC(=O)CCC(N)=O.CCCC(=O)NC(C=O)C(C)(C)C.CF.NC=O. The molecule has 0 radical (unpaired) electrons. The Morgan fingerprint density at radius 2 is 1.39 bits per heavy atom. The second kappa shape index (κ2) is 37.7.